The zero-order valence-electron chi connectivity index (χ0n) is 20.7. The summed E-state index contributed by atoms with van der Waals surface area (Å²) in [6.45, 7) is 4.35. The Kier molecular flexibility index (Phi) is 7.41. The number of carbonyl (C=O) groups excluding carboxylic acids is 2. The van der Waals surface area contributed by atoms with Crippen molar-refractivity contribution in [1.29, 1.82) is 0 Å². The first-order chi connectivity index (χ1) is 17.5. The van der Waals surface area contributed by atoms with Crippen LogP contribution < -0.4 is 0 Å². The highest BCUT2D eigenvalue weighted by molar-refractivity contribution is 6.35. The van der Waals surface area contributed by atoms with Crippen molar-refractivity contribution in [1.82, 2.24) is 24.6 Å². The minimum absolute atomic E-state index is 0.0757. The van der Waals surface area contributed by atoms with Gasteiger partial charge in [0.25, 0.3) is 5.91 Å². The topological polar surface area (TPSA) is 80.6 Å². The zero-order chi connectivity index (χ0) is 25.1. The number of pyridine rings is 1. The average Bonchev–Trinajstić information content (AvgIpc) is 3.61. The molecule has 1 aromatic carbocycles. The Morgan fingerprint density at radius 2 is 1.83 bits per heavy atom. The maximum Gasteiger partial charge on any atom is 0.409 e. The first-order valence-electron chi connectivity index (χ1n) is 12.9. The van der Waals surface area contributed by atoms with Gasteiger partial charge >= 0.3 is 6.09 Å². The van der Waals surface area contributed by atoms with Crippen LogP contribution in [0.4, 0.5) is 4.79 Å². The number of hydrogen-bond donors (Lipinski definition) is 0. The Balaban J connectivity index is 1.29. The van der Waals surface area contributed by atoms with Crippen LogP contribution in [-0.4, -0.2) is 69.4 Å². The van der Waals surface area contributed by atoms with Gasteiger partial charge in [-0.15, -0.1) is 0 Å². The van der Waals surface area contributed by atoms with Crippen LogP contribution >= 0.6 is 11.6 Å². The van der Waals surface area contributed by atoms with E-state index in [9.17, 15) is 9.59 Å². The van der Waals surface area contributed by atoms with Crippen molar-refractivity contribution >= 4 is 34.5 Å². The molecule has 2 aliphatic rings. The zero-order valence-corrected chi connectivity index (χ0v) is 21.4. The molecule has 2 amide bonds. The number of ether oxygens (including phenoxy) is 1. The van der Waals surface area contributed by atoms with Crippen molar-refractivity contribution in [3.63, 3.8) is 0 Å². The molecule has 1 saturated heterocycles. The number of halogens is 1. The lowest BCUT2D eigenvalue weighted by atomic mass is 10.1. The van der Waals surface area contributed by atoms with Gasteiger partial charge in [0.05, 0.1) is 35.1 Å². The Morgan fingerprint density at radius 1 is 1.08 bits per heavy atom. The number of hydrogen-bond acceptors (Lipinski definition) is 5. The van der Waals surface area contributed by atoms with Gasteiger partial charge in [-0.1, -0.05) is 43.9 Å². The summed E-state index contributed by atoms with van der Waals surface area (Å²) in [5.74, 6) is -0.0757. The normalized spacial score (nSPS) is 16.6. The van der Waals surface area contributed by atoms with Gasteiger partial charge < -0.3 is 14.5 Å². The van der Waals surface area contributed by atoms with E-state index in [4.69, 9.17) is 21.3 Å². The predicted molar refractivity (Wildman–Crippen MR) is 139 cm³/mol. The molecule has 0 spiro atoms. The third kappa shape index (κ3) is 5.19. The lowest BCUT2D eigenvalue weighted by Crippen LogP contribution is -2.50. The number of benzene rings is 1. The van der Waals surface area contributed by atoms with E-state index in [1.54, 1.807) is 21.9 Å². The third-order valence-electron chi connectivity index (χ3n) is 7.15. The first-order valence-corrected chi connectivity index (χ1v) is 13.3. The van der Waals surface area contributed by atoms with Gasteiger partial charge in [-0.25, -0.2) is 9.78 Å². The Morgan fingerprint density at radius 3 is 2.58 bits per heavy atom. The molecule has 0 atom stereocenters. The molecule has 1 aliphatic heterocycles. The quantitative estimate of drug-likeness (QED) is 0.406. The van der Waals surface area contributed by atoms with Crippen LogP contribution in [0.3, 0.4) is 0 Å². The van der Waals surface area contributed by atoms with Gasteiger partial charge in [0.2, 0.25) is 0 Å². The van der Waals surface area contributed by atoms with Crippen LogP contribution in [0.1, 0.15) is 61.8 Å². The number of aromatic nitrogens is 3. The number of carbonyl (C=O) groups is 2. The summed E-state index contributed by atoms with van der Waals surface area (Å²) in [4.78, 5) is 33.7. The van der Waals surface area contributed by atoms with E-state index in [0.717, 1.165) is 42.3 Å². The summed E-state index contributed by atoms with van der Waals surface area (Å²) in [5, 5.41) is 5.97. The lowest BCUT2D eigenvalue weighted by molar-refractivity contribution is 0.0558. The number of nitrogens with zero attached hydrogens (tertiary/aromatic N) is 5. The Hall–Kier alpha value is -3.13. The maximum atomic E-state index is 13.2. The maximum absolute atomic E-state index is 13.2. The second-order valence-electron chi connectivity index (χ2n) is 9.62. The molecule has 2 aromatic heterocycles. The third-order valence-corrected chi connectivity index (χ3v) is 7.46. The molecule has 0 N–H and O–H groups in total. The molecule has 5 rings (SSSR count). The standard InChI is InChI=1S/C27H32ClN5O3/c1-2-3-14-36-27(35)32-12-10-31(11-13-32)26(34)19-8-9-22-23(28)16-24(30-25(22)15-19)20-17-29-33(18-20)21-6-4-5-7-21/h8-9,15-18,21H,2-7,10-14H2,1H3. The summed E-state index contributed by atoms with van der Waals surface area (Å²) >= 11 is 6.61. The molecule has 8 nitrogen and oxygen atoms in total. The molecule has 190 valence electrons. The molecule has 36 heavy (non-hydrogen) atoms. The van der Waals surface area contributed by atoms with Crippen LogP contribution in [-0.2, 0) is 4.74 Å². The number of rotatable bonds is 6. The number of unbranched alkanes of at least 4 members (excludes halogenated alkanes) is 1. The predicted octanol–water partition coefficient (Wildman–Crippen LogP) is 5.56. The highest BCUT2D eigenvalue weighted by Gasteiger charge is 2.26. The van der Waals surface area contributed by atoms with Crippen molar-refractivity contribution in [3.8, 4) is 11.3 Å². The lowest BCUT2D eigenvalue weighted by Gasteiger charge is -2.34. The van der Waals surface area contributed by atoms with Crippen molar-refractivity contribution < 1.29 is 14.3 Å². The molecule has 1 aliphatic carbocycles. The van der Waals surface area contributed by atoms with E-state index in [1.165, 1.54) is 12.8 Å². The van der Waals surface area contributed by atoms with Crippen molar-refractivity contribution in [3.05, 3.63) is 47.2 Å². The summed E-state index contributed by atoms with van der Waals surface area (Å²) in [6, 6.07) is 7.77. The Labute approximate surface area is 216 Å². The molecule has 3 aromatic rings. The van der Waals surface area contributed by atoms with Crippen LogP contribution in [0.2, 0.25) is 5.02 Å². The van der Waals surface area contributed by atoms with Gasteiger partial charge in [-0.05, 0) is 37.5 Å². The largest absolute Gasteiger partial charge is 0.449 e. The molecule has 9 heteroatoms. The molecule has 1 saturated carbocycles. The molecular formula is C27H32ClN5O3. The average molecular weight is 510 g/mol. The van der Waals surface area contributed by atoms with Crippen LogP contribution in [0.5, 0.6) is 0 Å². The van der Waals surface area contributed by atoms with Gasteiger partial charge in [0.1, 0.15) is 0 Å². The van der Waals surface area contributed by atoms with E-state index in [-0.39, 0.29) is 12.0 Å². The summed E-state index contributed by atoms with van der Waals surface area (Å²) in [7, 11) is 0. The minimum atomic E-state index is -0.302. The number of piperazine rings is 1. The molecule has 2 fully saturated rings. The van der Waals surface area contributed by atoms with Gasteiger partial charge in [-0.2, -0.15) is 5.10 Å². The Bertz CT molecular complexity index is 1250. The second-order valence-corrected chi connectivity index (χ2v) is 10.0. The highest BCUT2D eigenvalue weighted by Crippen LogP contribution is 2.32. The smallest absolute Gasteiger partial charge is 0.409 e. The highest BCUT2D eigenvalue weighted by atomic mass is 35.5. The monoisotopic (exact) mass is 509 g/mol. The van der Waals surface area contributed by atoms with Crippen molar-refractivity contribution in [2.75, 3.05) is 32.8 Å². The summed E-state index contributed by atoms with van der Waals surface area (Å²) < 4.78 is 7.34. The van der Waals surface area contributed by atoms with Crippen molar-refractivity contribution in [2.24, 2.45) is 0 Å². The molecule has 3 heterocycles. The fourth-order valence-corrected chi connectivity index (χ4v) is 5.24. The number of amides is 2. The first kappa shape index (κ1) is 24.6. The fraction of sp³-hybridized carbons (Fsp3) is 0.481. The van der Waals surface area contributed by atoms with Gasteiger partial charge in [0, 0.05) is 48.9 Å². The molecule has 0 bridgehead atoms. The van der Waals surface area contributed by atoms with Crippen LogP contribution in [0, 0.1) is 0 Å². The number of fused-ring (bicyclic) bond motifs is 1. The van der Waals surface area contributed by atoms with Gasteiger partial charge in [0.15, 0.2) is 0 Å². The van der Waals surface area contributed by atoms with Crippen molar-refractivity contribution in [2.45, 2.75) is 51.5 Å². The van der Waals surface area contributed by atoms with E-state index >= 15 is 0 Å². The van der Waals surface area contributed by atoms with E-state index < -0.39 is 0 Å². The fourth-order valence-electron chi connectivity index (χ4n) is 4.98. The second kappa shape index (κ2) is 10.9. The molecular weight excluding hydrogens is 478 g/mol. The van der Waals surface area contributed by atoms with Crippen LogP contribution in [0.25, 0.3) is 22.2 Å². The van der Waals surface area contributed by atoms with E-state index in [0.29, 0.717) is 54.9 Å². The molecule has 0 radical (unpaired) electrons. The van der Waals surface area contributed by atoms with Gasteiger partial charge in [-0.3, -0.25) is 9.48 Å². The summed E-state index contributed by atoms with van der Waals surface area (Å²) in [5.41, 5.74) is 2.90. The molecule has 0 unspecified atom stereocenters. The minimum Gasteiger partial charge on any atom is -0.449 e. The van der Waals surface area contributed by atoms with E-state index in [1.807, 2.05) is 29.2 Å². The van der Waals surface area contributed by atoms with Crippen LogP contribution in [0.15, 0.2) is 36.7 Å². The summed E-state index contributed by atoms with van der Waals surface area (Å²) in [6.07, 6.45) is 10.2. The SMILES string of the molecule is CCCCOC(=O)N1CCN(C(=O)c2ccc3c(Cl)cc(-c4cnn(C5CCCC5)c4)nc3c2)CC1. The van der Waals surface area contributed by atoms with E-state index in [2.05, 4.69) is 12.0 Å².